The van der Waals surface area contributed by atoms with Crippen LogP contribution in [0.2, 0.25) is 0 Å². The van der Waals surface area contributed by atoms with Crippen molar-refractivity contribution in [3.8, 4) is 5.69 Å². The van der Waals surface area contributed by atoms with Gasteiger partial charge in [0.15, 0.2) is 0 Å². The Morgan fingerprint density at radius 3 is 2.70 bits per heavy atom. The van der Waals surface area contributed by atoms with Crippen LogP contribution in [0.15, 0.2) is 59.8 Å². The van der Waals surface area contributed by atoms with Gasteiger partial charge in [-0.3, -0.25) is 14.5 Å². The molecule has 0 saturated heterocycles. The van der Waals surface area contributed by atoms with Crippen molar-refractivity contribution >= 4 is 21.9 Å². The standard InChI is InChI=1S/C15H10N4O/c20-15-18-13-9-17-12-4-2-1-3-11(12)14(13)19(15)10-5-7-16-8-6-10/h1-9H,(H,18,20). The molecule has 0 aliphatic carbocycles. The SMILES string of the molecule is O=c1[nH]c2cnc3ccccc3c2n1-c1ccncc1. The second-order valence-corrected chi connectivity index (χ2v) is 4.51. The molecule has 0 fully saturated rings. The van der Waals surface area contributed by atoms with Crippen LogP contribution >= 0.6 is 0 Å². The zero-order valence-corrected chi connectivity index (χ0v) is 10.4. The normalized spacial score (nSPS) is 11.2. The molecule has 1 aromatic carbocycles. The molecule has 0 aliphatic rings. The summed E-state index contributed by atoms with van der Waals surface area (Å²) in [5, 5.41) is 0.945. The van der Waals surface area contributed by atoms with Gasteiger partial charge in [-0.05, 0) is 18.2 Å². The molecule has 0 spiro atoms. The van der Waals surface area contributed by atoms with Crippen molar-refractivity contribution in [3.63, 3.8) is 0 Å². The maximum Gasteiger partial charge on any atom is 0.331 e. The van der Waals surface area contributed by atoms with Crippen LogP contribution < -0.4 is 5.69 Å². The van der Waals surface area contributed by atoms with Gasteiger partial charge in [0, 0.05) is 17.8 Å². The van der Waals surface area contributed by atoms with Gasteiger partial charge in [-0.2, -0.15) is 0 Å². The van der Waals surface area contributed by atoms with Gasteiger partial charge in [0.25, 0.3) is 0 Å². The summed E-state index contributed by atoms with van der Waals surface area (Å²) in [7, 11) is 0. The molecule has 3 heterocycles. The van der Waals surface area contributed by atoms with Crippen molar-refractivity contribution < 1.29 is 0 Å². The van der Waals surface area contributed by atoms with Gasteiger partial charge in [0.1, 0.15) is 0 Å². The lowest BCUT2D eigenvalue weighted by Crippen LogP contribution is -2.14. The molecule has 20 heavy (non-hydrogen) atoms. The van der Waals surface area contributed by atoms with Crippen LogP contribution in [-0.4, -0.2) is 19.5 Å². The van der Waals surface area contributed by atoms with Crippen LogP contribution in [0.4, 0.5) is 0 Å². The fourth-order valence-electron chi connectivity index (χ4n) is 2.47. The Bertz CT molecular complexity index is 969. The van der Waals surface area contributed by atoms with Gasteiger partial charge in [-0.1, -0.05) is 18.2 Å². The average molecular weight is 262 g/mol. The quantitative estimate of drug-likeness (QED) is 0.572. The number of H-pyrrole nitrogens is 1. The first kappa shape index (κ1) is 10.9. The molecule has 96 valence electrons. The molecule has 0 aliphatic heterocycles. The maximum absolute atomic E-state index is 12.2. The van der Waals surface area contributed by atoms with Crippen molar-refractivity contribution in [2.75, 3.05) is 0 Å². The van der Waals surface area contributed by atoms with Crippen molar-refractivity contribution in [1.82, 2.24) is 19.5 Å². The van der Waals surface area contributed by atoms with Gasteiger partial charge in [0.2, 0.25) is 0 Å². The first-order valence-electron chi connectivity index (χ1n) is 6.23. The van der Waals surface area contributed by atoms with Gasteiger partial charge >= 0.3 is 5.69 Å². The van der Waals surface area contributed by atoms with E-state index in [1.54, 1.807) is 23.2 Å². The minimum Gasteiger partial charge on any atom is -0.304 e. The molecule has 5 heteroatoms. The van der Waals surface area contributed by atoms with Crippen LogP contribution in [0.3, 0.4) is 0 Å². The highest BCUT2D eigenvalue weighted by molar-refractivity contribution is 6.02. The third-order valence-corrected chi connectivity index (χ3v) is 3.34. The van der Waals surface area contributed by atoms with E-state index >= 15 is 0 Å². The highest BCUT2D eigenvalue weighted by Crippen LogP contribution is 2.23. The van der Waals surface area contributed by atoms with E-state index in [0.717, 1.165) is 27.6 Å². The lowest BCUT2D eigenvalue weighted by molar-refractivity contribution is 1.01. The summed E-state index contributed by atoms with van der Waals surface area (Å²) in [5.74, 6) is 0. The van der Waals surface area contributed by atoms with E-state index in [2.05, 4.69) is 15.0 Å². The summed E-state index contributed by atoms with van der Waals surface area (Å²) in [6, 6.07) is 11.4. The van der Waals surface area contributed by atoms with Crippen LogP contribution in [0.1, 0.15) is 0 Å². The first-order chi connectivity index (χ1) is 9.84. The Balaban J connectivity index is 2.23. The number of pyridine rings is 2. The van der Waals surface area contributed by atoms with E-state index in [0.29, 0.717) is 0 Å². The molecule has 4 aromatic rings. The predicted octanol–water partition coefficient (Wildman–Crippen LogP) is 2.26. The minimum absolute atomic E-state index is 0.177. The number of fused-ring (bicyclic) bond motifs is 3. The highest BCUT2D eigenvalue weighted by atomic mass is 16.1. The Morgan fingerprint density at radius 1 is 1.05 bits per heavy atom. The number of imidazole rings is 1. The fraction of sp³-hybridized carbons (Fsp3) is 0. The van der Waals surface area contributed by atoms with Gasteiger partial charge in [-0.25, -0.2) is 4.79 Å². The molecule has 0 amide bonds. The van der Waals surface area contributed by atoms with Crippen molar-refractivity contribution in [3.05, 3.63) is 65.5 Å². The molecule has 0 bridgehead atoms. The van der Waals surface area contributed by atoms with Crippen LogP contribution in [0.25, 0.3) is 27.6 Å². The lowest BCUT2D eigenvalue weighted by atomic mass is 10.2. The van der Waals surface area contributed by atoms with Gasteiger partial charge < -0.3 is 4.98 Å². The second-order valence-electron chi connectivity index (χ2n) is 4.51. The number of nitrogens with one attached hydrogen (secondary N) is 1. The molecule has 1 N–H and O–H groups in total. The van der Waals surface area contributed by atoms with Crippen molar-refractivity contribution in [1.29, 1.82) is 0 Å². The number of benzene rings is 1. The average Bonchev–Trinajstić information content (AvgIpc) is 2.84. The summed E-state index contributed by atoms with van der Waals surface area (Å²) < 4.78 is 1.65. The number of aromatic amines is 1. The predicted molar refractivity (Wildman–Crippen MR) is 77.0 cm³/mol. The Hall–Kier alpha value is -2.95. The van der Waals surface area contributed by atoms with Crippen LogP contribution in [-0.2, 0) is 0 Å². The van der Waals surface area contributed by atoms with Gasteiger partial charge in [-0.15, -0.1) is 0 Å². The van der Waals surface area contributed by atoms with E-state index in [4.69, 9.17) is 0 Å². The zero-order valence-electron chi connectivity index (χ0n) is 10.4. The largest absolute Gasteiger partial charge is 0.331 e. The first-order valence-corrected chi connectivity index (χ1v) is 6.23. The van der Waals surface area contributed by atoms with E-state index in [1.165, 1.54) is 0 Å². The van der Waals surface area contributed by atoms with E-state index < -0.39 is 0 Å². The van der Waals surface area contributed by atoms with E-state index in [9.17, 15) is 4.79 Å². The number of para-hydroxylation sites is 1. The molecule has 0 unspecified atom stereocenters. The highest BCUT2D eigenvalue weighted by Gasteiger charge is 2.12. The number of nitrogens with zero attached hydrogens (tertiary/aromatic N) is 3. The van der Waals surface area contributed by atoms with Crippen molar-refractivity contribution in [2.24, 2.45) is 0 Å². The number of hydrogen-bond donors (Lipinski definition) is 1. The second kappa shape index (κ2) is 4.03. The topological polar surface area (TPSA) is 63.6 Å². The maximum atomic E-state index is 12.2. The minimum atomic E-state index is -0.177. The van der Waals surface area contributed by atoms with Crippen molar-refractivity contribution in [2.45, 2.75) is 0 Å². The zero-order chi connectivity index (χ0) is 13.5. The van der Waals surface area contributed by atoms with E-state index in [-0.39, 0.29) is 5.69 Å². The van der Waals surface area contributed by atoms with E-state index in [1.807, 2.05) is 36.4 Å². The summed E-state index contributed by atoms with van der Waals surface area (Å²) >= 11 is 0. The Kier molecular flexibility index (Phi) is 2.20. The number of rotatable bonds is 1. The molecular formula is C15H10N4O. The number of hydrogen-bond acceptors (Lipinski definition) is 3. The van der Waals surface area contributed by atoms with Crippen LogP contribution in [0.5, 0.6) is 0 Å². The molecule has 5 nitrogen and oxygen atoms in total. The molecule has 4 rings (SSSR count). The van der Waals surface area contributed by atoms with Crippen LogP contribution in [0, 0.1) is 0 Å². The molecule has 0 saturated carbocycles. The summed E-state index contributed by atoms with van der Waals surface area (Å²) in [5.41, 5.74) is 3.04. The summed E-state index contributed by atoms with van der Waals surface area (Å²) in [6.45, 7) is 0. The molecule has 0 atom stereocenters. The number of aromatic nitrogens is 4. The molecular weight excluding hydrogens is 252 g/mol. The fourth-order valence-corrected chi connectivity index (χ4v) is 2.47. The molecule has 3 aromatic heterocycles. The third-order valence-electron chi connectivity index (χ3n) is 3.34. The summed E-state index contributed by atoms with van der Waals surface area (Å²) in [4.78, 5) is 23.4. The summed E-state index contributed by atoms with van der Waals surface area (Å²) in [6.07, 6.45) is 5.03. The van der Waals surface area contributed by atoms with Gasteiger partial charge in [0.05, 0.1) is 28.4 Å². The Labute approximate surface area is 113 Å². The monoisotopic (exact) mass is 262 g/mol. The lowest BCUT2D eigenvalue weighted by Gasteiger charge is -2.05. The third kappa shape index (κ3) is 1.46. The smallest absolute Gasteiger partial charge is 0.304 e. The molecule has 0 radical (unpaired) electrons. The Morgan fingerprint density at radius 2 is 1.85 bits per heavy atom.